The van der Waals surface area contributed by atoms with Gasteiger partial charge in [0.15, 0.2) is 0 Å². The molecule has 1 N–H and O–H groups in total. The Bertz CT molecular complexity index is 976. The van der Waals surface area contributed by atoms with Crippen molar-refractivity contribution < 1.29 is 14.3 Å². The van der Waals surface area contributed by atoms with Gasteiger partial charge in [-0.3, -0.25) is 0 Å². The fourth-order valence-corrected chi connectivity index (χ4v) is 4.39. The summed E-state index contributed by atoms with van der Waals surface area (Å²) >= 11 is 5.15. The molecule has 0 saturated carbocycles. The number of fused-ring (bicyclic) bond motifs is 1. The lowest BCUT2D eigenvalue weighted by Gasteiger charge is -2.29. The Balaban J connectivity index is 2.10. The minimum Gasteiger partial charge on any atom is -0.493 e. The number of nitrogens with one attached hydrogen (secondary N) is 1. The maximum atomic E-state index is 13.2. The smallest absolute Gasteiger partial charge is 0.338 e. The molecule has 0 radical (unpaired) electrons. The zero-order valence-corrected chi connectivity index (χ0v) is 21.5. The van der Waals surface area contributed by atoms with Crippen molar-refractivity contribution in [1.82, 2.24) is 14.8 Å². The number of rotatable bonds is 11. The molecule has 3 rings (SSSR count). The predicted octanol–water partition coefficient (Wildman–Crippen LogP) is 5.96. The quantitative estimate of drug-likeness (QED) is 0.221. The molecule has 1 aromatic carbocycles. The maximum absolute atomic E-state index is 13.2. The molecule has 1 atom stereocenters. The molecule has 1 aromatic heterocycles. The van der Waals surface area contributed by atoms with Crippen LogP contribution in [0.4, 0.5) is 5.95 Å². The van der Waals surface area contributed by atoms with E-state index in [4.69, 9.17) is 14.6 Å². The lowest BCUT2D eigenvalue weighted by atomic mass is 9.95. The van der Waals surface area contributed by atoms with Crippen molar-refractivity contribution in [3.8, 4) is 5.75 Å². The van der Waals surface area contributed by atoms with Crippen LogP contribution in [0.3, 0.4) is 0 Å². The van der Waals surface area contributed by atoms with E-state index < -0.39 is 6.04 Å². The molecular formula is C23H31BrN4O3S. The highest BCUT2D eigenvalue weighted by molar-refractivity contribution is 9.10. The van der Waals surface area contributed by atoms with Crippen molar-refractivity contribution in [2.24, 2.45) is 0 Å². The van der Waals surface area contributed by atoms with Crippen molar-refractivity contribution >= 4 is 39.6 Å². The number of hydrogen-bond acceptors (Lipinski definition) is 7. The molecule has 0 spiro atoms. The van der Waals surface area contributed by atoms with E-state index in [9.17, 15) is 4.79 Å². The van der Waals surface area contributed by atoms with Crippen LogP contribution in [-0.4, -0.2) is 39.7 Å². The SMILES string of the molecule is CCCCOC(=O)C1=C(C)Nc2nc(SCC)nn2C1c1cc(Br)ccc1OCCCC. The number of unbranched alkanes of at least 4 members (excludes halogenated alkanes) is 2. The van der Waals surface area contributed by atoms with Crippen LogP contribution in [-0.2, 0) is 9.53 Å². The summed E-state index contributed by atoms with van der Waals surface area (Å²) in [5, 5.41) is 8.63. The van der Waals surface area contributed by atoms with Gasteiger partial charge in [0.1, 0.15) is 11.8 Å². The Kier molecular flexibility index (Phi) is 9.04. The van der Waals surface area contributed by atoms with E-state index in [0.717, 1.165) is 47.2 Å². The fraction of sp³-hybridized carbons (Fsp3) is 0.522. The van der Waals surface area contributed by atoms with Crippen LogP contribution in [0.2, 0.25) is 0 Å². The fourth-order valence-electron chi connectivity index (χ4n) is 3.45. The molecule has 0 amide bonds. The van der Waals surface area contributed by atoms with Crippen LogP contribution in [0.5, 0.6) is 5.75 Å². The third kappa shape index (κ3) is 5.67. The highest BCUT2D eigenvalue weighted by Crippen LogP contribution is 2.41. The van der Waals surface area contributed by atoms with E-state index in [0.29, 0.717) is 35.6 Å². The molecule has 1 aliphatic heterocycles. The molecule has 0 fully saturated rings. The minimum atomic E-state index is -0.506. The first-order valence-electron chi connectivity index (χ1n) is 11.2. The van der Waals surface area contributed by atoms with Gasteiger partial charge in [-0.1, -0.05) is 61.3 Å². The van der Waals surface area contributed by atoms with Gasteiger partial charge >= 0.3 is 5.97 Å². The number of aromatic nitrogens is 3. The molecule has 2 aromatic rings. The molecule has 1 unspecified atom stereocenters. The first-order valence-corrected chi connectivity index (χ1v) is 12.9. The van der Waals surface area contributed by atoms with E-state index in [-0.39, 0.29) is 5.97 Å². The second-order valence-electron chi connectivity index (χ2n) is 7.54. The third-order valence-electron chi connectivity index (χ3n) is 5.08. The predicted molar refractivity (Wildman–Crippen MR) is 131 cm³/mol. The number of nitrogens with zero attached hydrogens (tertiary/aromatic N) is 3. The molecule has 32 heavy (non-hydrogen) atoms. The van der Waals surface area contributed by atoms with Gasteiger partial charge in [0.2, 0.25) is 11.1 Å². The molecule has 0 bridgehead atoms. The number of anilines is 1. The summed E-state index contributed by atoms with van der Waals surface area (Å²) < 4.78 is 14.4. The van der Waals surface area contributed by atoms with Gasteiger partial charge in [-0.05, 0) is 43.7 Å². The average Bonchev–Trinajstić information content (AvgIpc) is 3.16. The number of esters is 1. The minimum absolute atomic E-state index is 0.348. The summed E-state index contributed by atoms with van der Waals surface area (Å²) in [6.07, 6.45) is 3.77. The van der Waals surface area contributed by atoms with Crippen LogP contribution in [0.15, 0.2) is 39.1 Å². The monoisotopic (exact) mass is 522 g/mol. The lowest BCUT2D eigenvalue weighted by Crippen LogP contribution is -2.30. The summed E-state index contributed by atoms with van der Waals surface area (Å²) in [5.74, 6) is 1.84. The number of benzene rings is 1. The number of thioether (sulfide) groups is 1. The van der Waals surface area contributed by atoms with E-state index in [1.54, 1.807) is 16.4 Å². The van der Waals surface area contributed by atoms with E-state index >= 15 is 0 Å². The highest BCUT2D eigenvalue weighted by Gasteiger charge is 2.37. The maximum Gasteiger partial charge on any atom is 0.338 e. The molecular weight excluding hydrogens is 492 g/mol. The zero-order chi connectivity index (χ0) is 23.1. The van der Waals surface area contributed by atoms with Crippen molar-refractivity contribution in [3.05, 3.63) is 39.5 Å². The van der Waals surface area contributed by atoms with Crippen LogP contribution in [0.25, 0.3) is 0 Å². The molecule has 0 saturated heterocycles. The van der Waals surface area contributed by atoms with Gasteiger partial charge in [-0.15, -0.1) is 5.10 Å². The van der Waals surface area contributed by atoms with E-state index in [1.165, 1.54) is 0 Å². The molecule has 2 heterocycles. The van der Waals surface area contributed by atoms with E-state index in [1.807, 2.05) is 25.1 Å². The Morgan fingerprint density at radius 3 is 2.69 bits per heavy atom. The number of carbonyl (C=O) groups excluding carboxylic acids is 1. The zero-order valence-electron chi connectivity index (χ0n) is 19.1. The van der Waals surface area contributed by atoms with Crippen LogP contribution >= 0.6 is 27.7 Å². The Hall–Kier alpha value is -2.00. The van der Waals surface area contributed by atoms with Crippen molar-refractivity contribution in [2.75, 3.05) is 24.3 Å². The van der Waals surface area contributed by atoms with Gasteiger partial charge < -0.3 is 14.8 Å². The Morgan fingerprint density at radius 1 is 1.22 bits per heavy atom. The van der Waals surface area contributed by atoms with E-state index in [2.05, 4.69) is 47.0 Å². The van der Waals surface area contributed by atoms with Crippen LogP contribution < -0.4 is 10.1 Å². The van der Waals surface area contributed by atoms with Crippen molar-refractivity contribution in [2.45, 2.75) is 64.6 Å². The Labute approximate surface area is 202 Å². The standard InChI is InChI=1S/C23H31BrN4O3S/c1-5-8-12-30-18-11-10-16(24)14-17(18)20-19(21(29)31-13-9-6-2)15(4)25-22-26-23(32-7-3)27-28(20)22/h10-11,14,20H,5-9,12-13H2,1-4H3,(H,25,26,27). The van der Waals surface area contributed by atoms with Crippen molar-refractivity contribution in [1.29, 1.82) is 0 Å². The third-order valence-corrected chi connectivity index (χ3v) is 6.29. The van der Waals surface area contributed by atoms with Gasteiger partial charge in [0.25, 0.3) is 0 Å². The second-order valence-corrected chi connectivity index (χ2v) is 9.68. The molecule has 0 aliphatic carbocycles. The summed E-state index contributed by atoms with van der Waals surface area (Å²) in [6.45, 7) is 9.13. The summed E-state index contributed by atoms with van der Waals surface area (Å²) in [4.78, 5) is 17.9. The van der Waals surface area contributed by atoms with Gasteiger partial charge in [-0.25, -0.2) is 9.48 Å². The summed E-state index contributed by atoms with van der Waals surface area (Å²) in [6, 6.07) is 5.36. The lowest BCUT2D eigenvalue weighted by molar-refractivity contribution is -0.139. The number of carbonyl (C=O) groups is 1. The number of allylic oxidation sites excluding steroid dienone is 1. The number of hydrogen-bond donors (Lipinski definition) is 1. The first-order chi connectivity index (χ1) is 15.5. The van der Waals surface area contributed by atoms with Gasteiger partial charge in [-0.2, -0.15) is 4.98 Å². The summed E-state index contributed by atoms with van der Waals surface area (Å²) in [5.41, 5.74) is 2.08. The first kappa shape index (κ1) is 24.6. The molecule has 9 heteroatoms. The average molecular weight is 523 g/mol. The normalized spacial score (nSPS) is 15.3. The van der Waals surface area contributed by atoms with Crippen LogP contribution in [0, 0.1) is 0 Å². The van der Waals surface area contributed by atoms with Crippen molar-refractivity contribution in [3.63, 3.8) is 0 Å². The topological polar surface area (TPSA) is 78.3 Å². The molecule has 7 nitrogen and oxygen atoms in total. The van der Waals surface area contributed by atoms with Crippen LogP contribution in [0.1, 0.15) is 65.0 Å². The summed E-state index contributed by atoms with van der Waals surface area (Å²) in [7, 11) is 0. The van der Waals surface area contributed by atoms with Gasteiger partial charge in [0, 0.05) is 15.7 Å². The van der Waals surface area contributed by atoms with Gasteiger partial charge in [0.05, 0.1) is 18.8 Å². The molecule has 174 valence electrons. The Morgan fingerprint density at radius 2 is 1.97 bits per heavy atom. The highest BCUT2D eigenvalue weighted by atomic mass is 79.9. The number of halogens is 1. The second kappa shape index (κ2) is 11.7. The largest absolute Gasteiger partial charge is 0.493 e. The molecule has 1 aliphatic rings. The number of ether oxygens (including phenoxy) is 2.